The summed E-state index contributed by atoms with van der Waals surface area (Å²) in [5, 5.41) is 3.38. The molecule has 1 spiro atoms. The Morgan fingerprint density at radius 1 is 1.37 bits per heavy atom. The Labute approximate surface area is 112 Å². The average molecular weight is 263 g/mol. The third-order valence-corrected chi connectivity index (χ3v) is 4.67. The zero-order chi connectivity index (χ0) is 13.3. The van der Waals surface area contributed by atoms with Gasteiger partial charge in [0.05, 0.1) is 6.42 Å². The molecule has 19 heavy (non-hydrogen) atoms. The number of hydrogen-bond acceptors (Lipinski definition) is 3. The van der Waals surface area contributed by atoms with E-state index in [0.717, 1.165) is 32.4 Å². The van der Waals surface area contributed by atoms with E-state index >= 15 is 0 Å². The van der Waals surface area contributed by atoms with Gasteiger partial charge in [-0.25, -0.2) is 4.79 Å². The minimum absolute atomic E-state index is 0.0950. The number of rotatable bonds is 2. The van der Waals surface area contributed by atoms with Gasteiger partial charge >= 0.3 is 5.97 Å². The van der Waals surface area contributed by atoms with Crippen molar-refractivity contribution in [3.63, 3.8) is 0 Å². The van der Waals surface area contributed by atoms with Gasteiger partial charge in [0.2, 0.25) is 0 Å². The number of carbonyl (C=O) groups is 1. The fraction of sp³-hybridized carbons (Fsp3) is 0.533. The van der Waals surface area contributed by atoms with Gasteiger partial charge < -0.3 is 5.32 Å². The van der Waals surface area contributed by atoms with Crippen molar-refractivity contribution < 1.29 is 14.3 Å². The number of halogens is 1. The largest absolute Gasteiger partial charge is 0.349 e. The molecule has 3 nitrogen and oxygen atoms in total. The van der Waals surface area contributed by atoms with Crippen LogP contribution in [-0.2, 0) is 15.2 Å². The minimum atomic E-state index is -0.759. The molecular formula is C15H18FNO2. The van der Waals surface area contributed by atoms with Crippen molar-refractivity contribution in [3.8, 4) is 0 Å². The highest BCUT2D eigenvalue weighted by Crippen LogP contribution is 2.51. The number of nitrogens with one attached hydrogen (secondary N) is 1. The number of fused-ring (bicyclic) bond motifs is 2. The number of piperidine rings is 1. The molecule has 0 amide bonds. The van der Waals surface area contributed by atoms with Crippen molar-refractivity contribution >= 4 is 5.97 Å². The molecule has 1 heterocycles. The zero-order valence-electron chi connectivity index (χ0n) is 10.8. The van der Waals surface area contributed by atoms with Gasteiger partial charge in [0.25, 0.3) is 0 Å². The van der Waals surface area contributed by atoms with E-state index in [2.05, 4.69) is 28.5 Å². The van der Waals surface area contributed by atoms with Crippen molar-refractivity contribution in [2.75, 3.05) is 13.1 Å². The summed E-state index contributed by atoms with van der Waals surface area (Å²) in [6.07, 6.45) is 3.25. The topological polar surface area (TPSA) is 38.3 Å². The lowest BCUT2D eigenvalue weighted by Crippen LogP contribution is -2.38. The van der Waals surface area contributed by atoms with E-state index in [-0.39, 0.29) is 17.8 Å². The van der Waals surface area contributed by atoms with Gasteiger partial charge in [-0.05, 0) is 54.8 Å². The maximum Gasteiger partial charge on any atom is 0.349 e. The highest BCUT2D eigenvalue weighted by molar-refractivity contribution is 5.70. The van der Waals surface area contributed by atoms with Crippen LogP contribution in [0.5, 0.6) is 0 Å². The summed E-state index contributed by atoms with van der Waals surface area (Å²) in [4.78, 5) is 14.6. The molecule has 1 aliphatic heterocycles. The second kappa shape index (κ2) is 4.93. The van der Waals surface area contributed by atoms with Gasteiger partial charge in [-0.15, -0.1) is 0 Å². The molecule has 1 aromatic carbocycles. The van der Waals surface area contributed by atoms with Crippen LogP contribution in [0.3, 0.4) is 0 Å². The molecule has 0 aromatic heterocycles. The summed E-state index contributed by atoms with van der Waals surface area (Å²) >= 11 is 0. The molecule has 0 bridgehead atoms. The van der Waals surface area contributed by atoms with E-state index in [1.54, 1.807) is 0 Å². The maximum absolute atomic E-state index is 12.0. The molecule has 1 atom stereocenters. The lowest BCUT2D eigenvalue weighted by molar-refractivity contribution is -0.184. The Hall–Kier alpha value is -1.42. The number of hydrogen-bond donors (Lipinski definition) is 1. The van der Waals surface area contributed by atoms with Crippen LogP contribution >= 0.6 is 0 Å². The van der Waals surface area contributed by atoms with Crippen LogP contribution in [0.15, 0.2) is 24.3 Å². The fourth-order valence-electron chi connectivity index (χ4n) is 3.82. The van der Waals surface area contributed by atoms with Crippen molar-refractivity contribution in [2.45, 2.75) is 37.0 Å². The highest BCUT2D eigenvalue weighted by Gasteiger charge is 2.44. The van der Waals surface area contributed by atoms with E-state index in [0.29, 0.717) is 0 Å². The van der Waals surface area contributed by atoms with Crippen molar-refractivity contribution in [3.05, 3.63) is 35.4 Å². The third kappa shape index (κ3) is 2.14. The lowest BCUT2D eigenvalue weighted by Gasteiger charge is -2.35. The fourth-order valence-corrected chi connectivity index (χ4v) is 3.82. The molecule has 2 aliphatic rings. The van der Waals surface area contributed by atoms with Gasteiger partial charge in [-0.2, -0.15) is 0 Å². The summed E-state index contributed by atoms with van der Waals surface area (Å²) in [6, 6.07) is 8.29. The van der Waals surface area contributed by atoms with E-state index < -0.39 is 5.97 Å². The summed E-state index contributed by atoms with van der Waals surface area (Å²) in [5.41, 5.74) is 2.73. The summed E-state index contributed by atoms with van der Waals surface area (Å²) in [5.74, 6) is -0.664. The Balaban J connectivity index is 1.92. The molecule has 4 heteroatoms. The monoisotopic (exact) mass is 263 g/mol. The molecule has 3 rings (SSSR count). The summed E-state index contributed by atoms with van der Waals surface area (Å²) < 4.78 is 12.0. The van der Waals surface area contributed by atoms with Gasteiger partial charge in [0.1, 0.15) is 0 Å². The molecule has 1 saturated heterocycles. The Morgan fingerprint density at radius 3 is 2.84 bits per heavy atom. The minimum Gasteiger partial charge on any atom is -0.317 e. The van der Waals surface area contributed by atoms with Crippen LogP contribution in [0.1, 0.15) is 42.7 Å². The van der Waals surface area contributed by atoms with Crippen LogP contribution in [0.2, 0.25) is 0 Å². The predicted molar refractivity (Wildman–Crippen MR) is 69.4 cm³/mol. The Morgan fingerprint density at radius 2 is 2.11 bits per heavy atom. The quantitative estimate of drug-likeness (QED) is 0.891. The molecule has 0 radical (unpaired) electrons. The molecule has 1 aromatic rings. The first-order chi connectivity index (χ1) is 9.25. The Bertz CT molecular complexity index is 483. The maximum atomic E-state index is 12.0. The van der Waals surface area contributed by atoms with Crippen molar-refractivity contribution in [2.24, 2.45) is 0 Å². The molecule has 0 saturated carbocycles. The molecule has 1 aliphatic carbocycles. The Kier molecular flexibility index (Phi) is 3.27. The highest BCUT2D eigenvalue weighted by atomic mass is 19.3. The SMILES string of the molecule is O=C(CC1CC2(CCNCC2)c2ccccc21)OF. The second-order valence-corrected chi connectivity index (χ2v) is 5.67. The average Bonchev–Trinajstić information content (AvgIpc) is 2.74. The zero-order valence-corrected chi connectivity index (χ0v) is 10.8. The predicted octanol–water partition coefficient (Wildman–Crippen LogP) is 2.61. The standard InChI is InChI=1S/C15H18FNO2/c16-19-14(18)9-11-10-15(5-7-17-8-6-15)13-4-2-1-3-12(11)13/h1-4,11,17H,5-10H2. The summed E-state index contributed by atoms with van der Waals surface area (Å²) in [7, 11) is 0. The van der Waals surface area contributed by atoms with E-state index in [4.69, 9.17) is 0 Å². The van der Waals surface area contributed by atoms with Crippen LogP contribution in [-0.4, -0.2) is 19.1 Å². The van der Waals surface area contributed by atoms with Gasteiger partial charge in [-0.3, -0.25) is 4.94 Å². The molecule has 1 N–H and O–H groups in total. The van der Waals surface area contributed by atoms with Gasteiger partial charge in [0.15, 0.2) is 0 Å². The van der Waals surface area contributed by atoms with Crippen LogP contribution in [0.25, 0.3) is 0 Å². The molecule has 1 unspecified atom stereocenters. The van der Waals surface area contributed by atoms with Gasteiger partial charge in [-0.1, -0.05) is 24.3 Å². The molecular weight excluding hydrogens is 245 g/mol. The molecule has 102 valence electrons. The summed E-state index contributed by atoms with van der Waals surface area (Å²) in [6.45, 7) is 2.02. The first kappa shape index (κ1) is 12.6. The number of benzene rings is 1. The van der Waals surface area contributed by atoms with Gasteiger partial charge in [0, 0.05) is 4.53 Å². The normalized spacial score (nSPS) is 24.2. The van der Waals surface area contributed by atoms with Crippen molar-refractivity contribution in [1.82, 2.24) is 5.32 Å². The van der Waals surface area contributed by atoms with Crippen molar-refractivity contribution in [1.29, 1.82) is 0 Å². The second-order valence-electron chi connectivity index (χ2n) is 5.67. The third-order valence-electron chi connectivity index (χ3n) is 4.67. The first-order valence-corrected chi connectivity index (χ1v) is 6.87. The van der Waals surface area contributed by atoms with Crippen LogP contribution in [0.4, 0.5) is 4.53 Å². The van der Waals surface area contributed by atoms with Crippen LogP contribution < -0.4 is 5.32 Å². The lowest BCUT2D eigenvalue weighted by atomic mass is 9.74. The smallest absolute Gasteiger partial charge is 0.317 e. The van der Waals surface area contributed by atoms with E-state index in [1.807, 2.05) is 6.07 Å². The van der Waals surface area contributed by atoms with E-state index in [9.17, 15) is 9.32 Å². The van der Waals surface area contributed by atoms with Crippen LogP contribution in [0, 0.1) is 0 Å². The number of carbonyl (C=O) groups excluding carboxylic acids is 1. The molecule has 1 fully saturated rings. The van der Waals surface area contributed by atoms with E-state index in [1.165, 1.54) is 11.1 Å². The first-order valence-electron chi connectivity index (χ1n) is 6.87.